The van der Waals surface area contributed by atoms with Gasteiger partial charge in [-0.2, -0.15) is 0 Å². The van der Waals surface area contributed by atoms with E-state index in [0.717, 1.165) is 22.9 Å². The molecule has 102 valence electrons. The second kappa shape index (κ2) is 6.19. The second-order valence-corrected chi connectivity index (χ2v) is 4.14. The third kappa shape index (κ3) is 3.23. The Morgan fingerprint density at radius 3 is 2.68 bits per heavy atom. The molecule has 0 bridgehead atoms. The molecule has 6 heteroatoms. The molecule has 2 aromatic rings. The van der Waals surface area contributed by atoms with Gasteiger partial charge >= 0.3 is 0 Å². The lowest BCUT2D eigenvalue weighted by Gasteiger charge is -2.11. The van der Waals surface area contributed by atoms with Crippen LogP contribution < -0.4 is 14.8 Å². The van der Waals surface area contributed by atoms with E-state index in [0.29, 0.717) is 13.1 Å². The van der Waals surface area contributed by atoms with Crippen LogP contribution in [-0.4, -0.2) is 29.0 Å². The molecular weight excluding hydrogens is 244 g/mol. The van der Waals surface area contributed by atoms with Gasteiger partial charge in [0.2, 0.25) is 0 Å². The minimum atomic E-state index is 0.650. The molecular formula is C13H18N4O2. The van der Waals surface area contributed by atoms with Crippen LogP contribution in [0, 0.1) is 0 Å². The van der Waals surface area contributed by atoms with Crippen LogP contribution in [0.4, 0.5) is 0 Å². The molecule has 0 saturated heterocycles. The van der Waals surface area contributed by atoms with Crippen molar-refractivity contribution >= 4 is 0 Å². The van der Waals surface area contributed by atoms with Crippen molar-refractivity contribution in [3.8, 4) is 11.5 Å². The Hall–Kier alpha value is -2.08. The molecule has 0 saturated carbocycles. The van der Waals surface area contributed by atoms with Gasteiger partial charge in [-0.05, 0) is 18.2 Å². The monoisotopic (exact) mass is 262 g/mol. The average Bonchev–Trinajstić information content (AvgIpc) is 2.84. The van der Waals surface area contributed by atoms with E-state index in [1.54, 1.807) is 20.5 Å². The van der Waals surface area contributed by atoms with Crippen LogP contribution in [0.15, 0.2) is 24.5 Å². The maximum Gasteiger partial charge on any atom is 0.146 e. The Balaban J connectivity index is 2.00. The van der Waals surface area contributed by atoms with E-state index in [1.807, 2.05) is 29.8 Å². The van der Waals surface area contributed by atoms with Gasteiger partial charge in [-0.15, -0.1) is 10.2 Å². The number of hydrogen-bond donors (Lipinski definition) is 1. The zero-order chi connectivity index (χ0) is 13.7. The van der Waals surface area contributed by atoms with E-state index >= 15 is 0 Å². The van der Waals surface area contributed by atoms with Gasteiger partial charge in [0.25, 0.3) is 0 Å². The number of ether oxygens (including phenoxy) is 2. The first-order valence-electron chi connectivity index (χ1n) is 5.99. The number of methoxy groups -OCH3 is 2. The van der Waals surface area contributed by atoms with Gasteiger partial charge < -0.3 is 19.4 Å². The van der Waals surface area contributed by atoms with E-state index < -0.39 is 0 Å². The Bertz CT molecular complexity index is 539. The fourth-order valence-corrected chi connectivity index (χ4v) is 1.80. The molecule has 1 aromatic heterocycles. The molecule has 0 fully saturated rings. The highest BCUT2D eigenvalue weighted by Gasteiger charge is 2.06. The van der Waals surface area contributed by atoms with Crippen molar-refractivity contribution in [1.29, 1.82) is 0 Å². The van der Waals surface area contributed by atoms with E-state index in [2.05, 4.69) is 15.5 Å². The first kappa shape index (κ1) is 13.4. The lowest BCUT2D eigenvalue weighted by atomic mass is 10.2. The molecule has 0 aliphatic rings. The normalized spacial score (nSPS) is 10.5. The molecule has 1 heterocycles. The highest BCUT2D eigenvalue weighted by atomic mass is 16.5. The molecule has 19 heavy (non-hydrogen) atoms. The Morgan fingerprint density at radius 1 is 1.21 bits per heavy atom. The fraction of sp³-hybridized carbons (Fsp3) is 0.385. The number of nitrogens with zero attached hydrogens (tertiary/aromatic N) is 3. The third-order valence-corrected chi connectivity index (χ3v) is 2.89. The van der Waals surface area contributed by atoms with Crippen LogP contribution in [0.2, 0.25) is 0 Å². The predicted octanol–water partition coefficient (Wildman–Crippen LogP) is 1.12. The van der Waals surface area contributed by atoms with E-state index in [-0.39, 0.29) is 0 Å². The van der Waals surface area contributed by atoms with Gasteiger partial charge in [0.1, 0.15) is 23.7 Å². The summed E-state index contributed by atoms with van der Waals surface area (Å²) >= 11 is 0. The number of hydrogen-bond acceptors (Lipinski definition) is 5. The highest BCUT2D eigenvalue weighted by molar-refractivity contribution is 5.40. The number of benzene rings is 1. The first-order chi connectivity index (χ1) is 9.24. The maximum atomic E-state index is 5.33. The van der Waals surface area contributed by atoms with Crippen LogP contribution in [0.1, 0.15) is 11.4 Å². The summed E-state index contributed by atoms with van der Waals surface area (Å²) in [4.78, 5) is 0. The van der Waals surface area contributed by atoms with Crippen LogP contribution in [0.3, 0.4) is 0 Å². The van der Waals surface area contributed by atoms with E-state index in [4.69, 9.17) is 9.47 Å². The predicted molar refractivity (Wildman–Crippen MR) is 71.1 cm³/mol. The molecule has 0 unspecified atom stereocenters. The summed E-state index contributed by atoms with van der Waals surface area (Å²) in [6.45, 7) is 1.32. The van der Waals surface area contributed by atoms with Gasteiger partial charge in [-0.3, -0.25) is 0 Å². The van der Waals surface area contributed by atoms with Crippen LogP contribution >= 0.6 is 0 Å². The van der Waals surface area contributed by atoms with Crippen molar-refractivity contribution in [2.45, 2.75) is 13.1 Å². The molecule has 0 radical (unpaired) electrons. The molecule has 6 nitrogen and oxygen atoms in total. The number of nitrogens with one attached hydrogen (secondary N) is 1. The van der Waals surface area contributed by atoms with Crippen LogP contribution in [-0.2, 0) is 20.1 Å². The molecule has 0 aliphatic heterocycles. The fourth-order valence-electron chi connectivity index (χ4n) is 1.80. The molecule has 0 spiro atoms. The maximum absolute atomic E-state index is 5.33. The number of aromatic nitrogens is 3. The number of aryl methyl sites for hydroxylation is 1. The van der Waals surface area contributed by atoms with Crippen molar-refractivity contribution in [2.75, 3.05) is 14.2 Å². The van der Waals surface area contributed by atoms with Crippen LogP contribution in [0.5, 0.6) is 11.5 Å². The lowest BCUT2D eigenvalue weighted by Crippen LogP contribution is -2.16. The van der Waals surface area contributed by atoms with Gasteiger partial charge in [0.15, 0.2) is 0 Å². The standard InChI is InChI=1S/C13H18N4O2/c1-17-9-15-16-13(17)8-14-7-10-6-11(18-2)4-5-12(10)19-3/h4-6,9,14H,7-8H2,1-3H3. The summed E-state index contributed by atoms with van der Waals surface area (Å²) in [5, 5.41) is 11.2. The SMILES string of the molecule is COc1ccc(OC)c(CNCc2nncn2C)c1. The van der Waals surface area contributed by atoms with Crippen molar-refractivity contribution in [2.24, 2.45) is 7.05 Å². The largest absolute Gasteiger partial charge is 0.497 e. The smallest absolute Gasteiger partial charge is 0.146 e. The second-order valence-electron chi connectivity index (χ2n) is 4.14. The minimum absolute atomic E-state index is 0.650. The summed E-state index contributed by atoms with van der Waals surface area (Å²) in [6, 6.07) is 5.74. The van der Waals surface area contributed by atoms with Gasteiger partial charge in [0, 0.05) is 19.2 Å². The molecule has 1 N–H and O–H groups in total. The van der Waals surface area contributed by atoms with Crippen molar-refractivity contribution in [3.05, 3.63) is 35.9 Å². The molecule has 2 rings (SSSR count). The summed E-state index contributed by atoms with van der Waals surface area (Å²) in [6.07, 6.45) is 1.68. The van der Waals surface area contributed by atoms with Gasteiger partial charge in [-0.1, -0.05) is 0 Å². The Morgan fingerprint density at radius 2 is 2.05 bits per heavy atom. The van der Waals surface area contributed by atoms with Crippen LogP contribution in [0.25, 0.3) is 0 Å². The summed E-state index contributed by atoms with van der Waals surface area (Å²) in [5.74, 6) is 2.55. The average molecular weight is 262 g/mol. The van der Waals surface area contributed by atoms with Gasteiger partial charge in [-0.25, -0.2) is 0 Å². The highest BCUT2D eigenvalue weighted by Crippen LogP contribution is 2.23. The molecule has 0 aliphatic carbocycles. The van der Waals surface area contributed by atoms with Crippen molar-refractivity contribution < 1.29 is 9.47 Å². The van der Waals surface area contributed by atoms with Crippen molar-refractivity contribution in [3.63, 3.8) is 0 Å². The molecule has 0 amide bonds. The minimum Gasteiger partial charge on any atom is -0.497 e. The first-order valence-corrected chi connectivity index (χ1v) is 5.99. The van der Waals surface area contributed by atoms with Gasteiger partial charge in [0.05, 0.1) is 20.8 Å². The zero-order valence-electron chi connectivity index (χ0n) is 11.4. The lowest BCUT2D eigenvalue weighted by molar-refractivity contribution is 0.397. The molecule has 0 atom stereocenters. The summed E-state index contributed by atoms with van der Waals surface area (Å²) in [7, 11) is 5.23. The Kier molecular flexibility index (Phi) is 4.35. The molecule has 1 aromatic carbocycles. The van der Waals surface area contributed by atoms with Crippen molar-refractivity contribution in [1.82, 2.24) is 20.1 Å². The Labute approximate surface area is 112 Å². The zero-order valence-corrected chi connectivity index (χ0v) is 11.4. The summed E-state index contributed by atoms with van der Waals surface area (Å²) < 4.78 is 12.4. The number of rotatable bonds is 6. The quantitative estimate of drug-likeness (QED) is 0.845. The topological polar surface area (TPSA) is 61.2 Å². The third-order valence-electron chi connectivity index (χ3n) is 2.89. The summed E-state index contributed by atoms with van der Waals surface area (Å²) in [5.41, 5.74) is 1.05. The van der Waals surface area contributed by atoms with E-state index in [1.165, 1.54) is 0 Å². The van der Waals surface area contributed by atoms with E-state index in [9.17, 15) is 0 Å².